The molecule has 30 heavy (non-hydrogen) atoms. The van der Waals surface area contributed by atoms with Gasteiger partial charge in [-0.25, -0.2) is 9.19 Å². The van der Waals surface area contributed by atoms with E-state index in [2.05, 4.69) is 26.2 Å². The highest BCUT2D eigenvalue weighted by atomic mass is 79.9. The fourth-order valence-corrected chi connectivity index (χ4v) is 4.60. The van der Waals surface area contributed by atoms with Crippen LogP contribution in [0.5, 0.6) is 0 Å². The maximum absolute atomic E-state index is 13.1. The van der Waals surface area contributed by atoms with Crippen LogP contribution in [0.3, 0.4) is 0 Å². The molecule has 0 spiro atoms. The van der Waals surface area contributed by atoms with Crippen LogP contribution in [0.4, 0.5) is 11.5 Å². The zero-order chi connectivity index (χ0) is 21.7. The van der Waals surface area contributed by atoms with E-state index in [1.165, 1.54) is 12.1 Å². The lowest BCUT2D eigenvalue weighted by molar-refractivity contribution is -0.385. The molecule has 0 radical (unpaired) electrons. The first-order valence-corrected chi connectivity index (χ1v) is 11.7. The second kappa shape index (κ2) is 10.2. The van der Waals surface area contributed by atoms with E-state index in [4.69, 9.17) is 4.55 Å². The number of nitro groups is 1. The molecule has 160 valence electrons. The Labute approximate surface area is 185 Å². The molecule has 1 heterocycles. The summed E-state index contributed by atoms with van der Waals surface area (Å²) in [6.45, 7) is 0. The number of hydrogen-bond donors (Lipinski definition) is 2. The molecule has 1 amide bonds. The number of amides is 1. The normalized spacial score (nSPS) is 16.2. The molecule has 2 aromatic rings. The summed E-state index contributed by atoms with van der Waals surface area (Å²) < 4.78 is 21.1. The summed E-state index contributed by atoms with van der Waals surface area (Å²) in [5.41, 5.74) is 0.441. The molecular formula is C20H22BrN3O5S. The Morgan fingerprint density at radius 3 is 2.67 bits per heavy atom. The Kier molecular flexibility index (Phi) is 7.68. The van der Waals surface area contributed by atoms with Crippen molar-refractivity contribution >= 4 is 44.4 Å². The van der Waals surface area contributed by atoms with Crippen molar-refractivity contribution in [3.05, 3.63) is 62.2 Å². The fourth-order valence-electron chi connectivity index (χ4n) is 3.86. The number of hydrogen-bond acceptors (Lipinski definition) is 5. The van der Waals surface area contributed by atoms with Gasteiger partial charge in [0.25, 0.3) is 5.69 Å². The van der Waals surface area contributed by atoms with Crippen LogP contribution in [-0.4, -0.2) is 24.6 Å². The average Bonchev–Trinajstić information content (AvgIpc) is 3.21. The lowest BCUT2D eigenvalue weighted by atomic mass is 9.86. The number of rotatable bonds is 8. The van der Waals surface area contributed by atoms with Crippen LogP contribution in [0.1, 0.15) is 49.1 Å². The van der Waals surface area contributed by atoms with Gasteiger partial charge in [-0.3, -0.25) is 14.9 Å². The molecule has 8 nitrogen and oxygen atoms in total. The van der Waals surface area contributed by atoms with Gasteiger partial charge in [0.1, 0.15) is 5.82 Å². The number of aromatic nitrogens is 1. The van der Waals surface area contributed by atoms with Gasteiger partial charge in [-0.15, -0.1) is 0 Å². The minimum atomic E-state index is -2.20. The van der Waals surface area contributed by atoms with Gasteiger partial charge >= 0.3 is 0 Å². The quantitative estimate of drug-likeness (QED) is 0.308. The zero-order valence-corrected chi connectivity index (χ0v) is 18.5. The highest BCUT2D eigenvalue weighted by molar-refractivity contribution is 9.10. The third kappa shape index (κ3) is 5.93. The highest BCUT2D eigenvalue weighted by Gasteiger charge is 2.29. The summed E-state index contributed by atoms with van der Waals surface area (Å²) in [5, 5.41) is 14.3. The Hall–Kier alpha value is -2.17. The number of nitrogens with one attached hydrogen (secondary N) is 1. The number of carbonyl (C=O) groups is 1. The predicted molar refractivity (Wildman–Crippen MR) is 117 cm³/mol. The zero-order valence-electron chi connectivity index (χ0n) is 16.1. The molecule has 1 aliphatic carbocycles. The molecule has 10 heteroatoms. The van der Waals surface area contributed by atoms with Crippen LogP contribution in [0, 0.1) is 16.0 Å². The SMILES string of the molecule is O=C(Nc1ccc(Br)cn1)C(CC1CCCC1)c1ccc(CS(=O)O)c([N+](=O)[O-])c1. The summed E-state index contributed by atoms with van der Waals surface area (Å²) in [5.74, 6) is -0.405. The van der Waals surface area contributed by atoms with Gasteiger partial charge in [-0.2, -0.15) is 0 Å². The third-order valence-electron chi connectivity index (χ3n) is 5.33. The van der Waals surface area contributed by atoms with Gasteiger partial charge in [0.2, 0.25) is 5.91 Å². The molecule has 3 rings (SSSR count). The standard InChI is InChI=1S/C20H22BrN3O5S/c21-16-7-8-19(22-11-16)23-20(25)17(9-13-3-1-2-4-13)14-5-6-15(12-30(28)29)18(10-14)24(26)27/h5-8,10-11,13,17H,1-4,9,12H2,(H,28,29)(H,22,23,25). The Morgan fingerprint density at radius 1 is 1.33 bits per heavy atom. The molecule has 1 aliphatic rings. The second-order valence-corrected chi connectivity index (χ2v) is 9.25. The van der Waals surface area contributed by atoms with E-state index in [0.29, 0.717) is 23.7 Å². The van der Waals surface area contributed by atoms with Crippen molar-refractivity contribution in [2.24, 2.45) is 5.92 Å². The number of nitro benzene ring substituents is 1. The van der Waals surface area contributed by atoms with Crippen LogP contribution in [0.25, 0.3) is 0 Å². The van der Waals surface area contributed by atoms with Gasteiger partial charge < -0.3 is 9.87 Å². The largest absolute Gasteiger partial charge is 0.310 e. The Morgan fingerprint density at radius 2 is 2.07 bits per heavy atom. The number of halogens is 1. The molecule has 0 aliphatic heterocycles. The van der Waals surface area contributed by atoms with Gasteiger partial charge in [-0.05, 0) is 46.0 Å². The first kappa shape index (κ1) is 22.5. The molecule has 1 saturated carbocycles. The van der Waals surface area contributed by atoms with E-state index in [0.717, 1.165) is 30.2 Å². The van der Waals surface area contributed by atoms with Crippen molar-refractivity contribution in [1.82, 2.24) is 4.98 Å². The average molecular weight is 496 g/mol. The minimum absolute atomic E-state index is 0.166. The molecule has 2 atom stereocenters. The van der Waals surface area contributed by atoms with E-state index in [-0.39, 0.29) is 22.9 Å². The minimum Gasteiger partial charge on any atom is -0.310 e. The van der Waals surface area contributed by atoms with Crippen molar-refractivity contribution in [2.75, 3.05) is 5.32 Å². The van der Waals surface area contributed by atoms with Gasteiger partial charge in [0.05, 0.1) is 16.6 Å². The van der Waals surface area contributed by atoms with Gasteiger partial charge in [-0.1, -0.05) is 37.8 Å². The smallest absolute Gasteiger partial charge is 0.273 e. The Balaban J connectivity index is 1.91. The lowest BCUT2D eigenvalue weighted by Gasteiger charge is -2.21. The first-order chi connectivity index (χ1) is 14.3. The molecule has 1 aromatic carbocycles. The van der Waals surface area contributed by atoms with E-state index in [1.54, 1.807) is 24.4 Å². The fraction of sp³-hybridized carbons (Fsp3) is 0.400. The lowest BCUT2D eigenvalue weighted by Crippen LogP contribution is -2.24. The van der Waals surface area contributed by atoms with Gasteiger partial charge in [0.15, 0.2) is 11.1 Å². The molecule has 0 bridgehead atoms. The van der Waals surface area contributed by atoms with Crippen LogP contribution in [-0.2, 0) is 21.6 Å². The van der Waals surface area contributed by atoms with Crippen molar-refractivity contribution in [3.63, 3.8) is 0 Å². The Bertz CT molecular complexity index is 948. The monoisotopic (exact) mass is 495 g/mol. The number of nitrogens with zero attached hydrogens (tertiary/aromatic N) is 2. The van der Waals surface area contributed by atoms with E-state index in [9.17, 15) is 19.1 Å². The summed E-state index contributed by atoms with van der Waals surface area (Å²) in [6.07, 6.45) is 6.47. The predicted octanol–water partition coefficient (Wildman–Crippen LogP) is 4.78. The molecule has 1 aromatic heterocycles. The molecule has 1 fully saturated rings. The van der Waals surface area contributed by atoms with Gasteiger partial charge in [0, 0.05) is 22.3 Å². The van der Waals surface area contributed by atoms with Crippen LogP contribution >= 0.6 is 15.9 Å². The third-order valence-corrected chi connectivity index (χ3v) is 6.35. The number of pyridine rings is 1. The van der Waals surface area contributed by atoms with E-state index >= 15 is 0 Å². The molecule has 2 unspecified atom stereocenters. The summed E-state index contributed by atoms with van der Waals surface area (Å²) >= 11 is 1.10. The number of anilines is 1. The highest BCUT2D eigenvalue weighted by Crippen LogP contribution is 2.36. The molecular weight excluding hydrogens is 474 g/mol. The van der Waals surface area contributed by atoms with E-state index < -0.39 is 21.9 Å². The molecule has 0 saturated heterocycles. The maximum atomic E-state index is 13.1. The van der Waals surface area contributed by atoms with Crippen molar-refractivity contribution in [2.45, 2.75) is 43.8 Å². The first-order valence-electron chi connectivity index (χ1n) is 9.60. The molecule has 2 N–H and O–H groups in total. The van der Waals surface area contributed by atoms with Crippen molar-refractivity contribution < 1.29 is 18.5 Å². The summed E-state index contributed by atoms with van der Waals surface area (Å²) in [6, 6.07) is 7.91. The van der Waals surface area contributed by atoms with Crippen LogP contribution in [0.2, 0.25) is 0 Å². The maximum Gasteiger partial charge on any atom is 0.273 e. The van der Waals surface area contributed by atoms with Crippen LogP contribution in [0.15, 0.2) is 41.0 Å². The second-order valence-electron chi connectivity index (χ2n) is 7.40. The van der Waals surface area contributed by atoms with Crippen molar-refractivity contribution in [3.8, 4) is 0 Å². The number of benzene rings is 1. The topological polar surface area (TPSA) is 122 Å². The van der Waals surface area contributed by atoms with E-state index in [1.807, 2.05) is 0 Å². The van der Waals surface area contributed by atoms with Crippen LogP contribution < -0.4 is 5.32 Å². The summed E-state index contributed by atoms with van der Waals surface area (Å²) in [4.78, 5) is 28.2. The summed E-state index contributed by atoms with van der Waals surface area (Å²) in [7, 11) is 0. The van der Waals surface area contributed by atoms with Crippen molar-refractivity contribution in [1.29, 1.82) is 0 Å². The number of carbonyl (C=O) groups excluding carboxylic acids is 1.